The van der Waals surface area contributed by atoms with E-state index >= 15 is 0 Å². The van der Waals surface area contributed by atoms with Crippen LogP contribution in [0.2, 0.25) is 0 Å². The molecule has 32 heavy (non-hydrogen) atoms. The number of amides is 2. The summed E-state index contributed by atoms with van der Waals surface area (Å²) in [6.45, 7) is 1.54. The molecule has 2 aromatic carbocycles. The first-order chi connectivity index (χ1) is 15.5. The second-order valence-corrected chi connectivity index (χ2v) is 7.38. The SMILES string of the molecule is COc1cc2c(cc1OC)CN(C(=O)/C=C/c1ccc(OCCCC(=O)NO)cc1)CC2. The summed E-state index contributed by atoms with van der Waals surface area (Å²) >= 11 is 0. The van der Waals surface area contributed by atoms with Crippen LogP contribution in [0.3, 0.4) is 0 Å². The molecule has 0 saturated heterocycles. The number of carbonyl (C=O) groups excluding carboxylic acids is 2. The molecular weight excluding hydrogens is 412 g/mol. The van der Waals surface area contributed by atoms with Gasteiger partial charge >= 0.3 is 0 Å². The summed E-state index contributed by atoms with van der Waals surface area (Å²) in [5.74, 6) is 1.56. The zero-order valence-corrected chi connectivity index (χ0v) is 18.3. The Labute approximate surface area is 187 Å². The van der Waals surface area contributed by atoms with Gasteiger partial charge in [0, 0.05) is 25.6 Å². The molecule has 0 fully saturated rings. The Hall–Kier alpha value is -3.52. The molecule has 0 spiro atoms. The Morgan fingerprint density at radius 3 is 2.44 bits per heavy atom. The molecule has 1 aliphatic rings. The molecule has 2 N–H and O–H groups in total. The van der Waals surface area contributed by atoms with Crippen LogP contribution in [0.25, 0.3) is 6.08 Å². The van der Waals surface area contributed by atoms with E-state index in [2.05, 4.69) is 0 Å². The lowest BCUT2D eigenvalue weighted by molar-refractivity contribution is -0.129. The van der Waals surface area contributed by atoms with Crippen LogP contribution in [-0.2, 0) is 22.6 Å². The van der Waals surface area contributed by atoms with Gasteiger partial charge in [-0.05, 0) is 59.9 Å². The maximum Gasteiger partial charge on any atom is 0.246 e. The lowest BCUT2D eigenvalue weighted by Crippen LogP contribution is -2.34. The van der Waals surface area contributed by atoms with Crippen LogP contribution in [0, 0.1) is 0 Å². The van der Waals surface area contributed by atoms with E-state index < -0.39 is 5.91 Å². The zero-order valence-electron chi connectivity index (χ0n) is 18.3. The van der Waals surface area contributed by atoms with Crippen molar-refractivity contribution in [2.45, 2.75) is 25.8 Å². The van der Waals surface area contributed by atoms with Gasteiger partial charge in [-0.3, -0.25) is 14.8 Å². The minimum atomic E-state index is -0.435. The van der Waals surface area contributed by atoms with Gasteiger partial charge in [0.15, 0.2) is 11.5 Å². The summed E-state index contributed by atoms with van der Waals surface area (Å²) in [5, 5.41) is 8.46. The molecule has 2 amide bonds. The summed E-state index contributed by atoms with van der Waals surface area (Å²) in [6, 6.07) is 11.3. The summed E-state index contributed by atoms with van der Waals surface area (Å²) in [5.41, 5.74) is 4.71. The number of rotatable bonds is 9. The highest BCUT2D eigenvalue weighted by Crippen LogP contribution is 2.33. The van der Waals surface area contributed by atoms with E-state index in [4.69, 9.17) is 19.4 Å². The summed E-state index contributed by atoms with van der Waals surface area (Å²) in [4.78, 5) is 25.5. The number of methoxy groups -OCH3 is 2. The quantitative estimate of drug-likeness (QED) is 0.269. The zero-order chi connectivity index (χ0) is 22.9. The van der Waals surface area contributed by atoms with E-state index in [1.807, 2.05) is 41.3 Å². The Morgan fingerprint density at radius 1 is 1.09 bits per heavy atom. The number of benzene rings is 2. The van der Waals surface area contributed by atoms with Crippen molar-refractivity contribution >= 4 is 17.9 Å². The van der Waals surface area contributed by atoms with E-state index in [9.17, 15) is 9.59 Å². The molecule has 0 unspecified atom stereocenters. The maximum atomic E-state index is 12.7. The first kappa shape index (κ1) is 23.1. The molecule has 8 heteroatoms. The Balaban J connectivity index is 1.53. The minimum absolute atomic E-state index is 0.0482. The van der Waals surface area contributed by atoms with Gasteiger partial charge in [-0.25, -0.2) is 5.48 Å². The molecular formula is C24H28N2O6. The van der Waals surface area contributed by atoms with Crippen LogP contribution < -0.4 is 19.7 Å². The first-order valence-corrected chi connectivity index (χ1v) is 10.4. The number of nitrogens with zero attached hydrogens (tertiary/aromatic N) is 1. The van der Waals surface area contributed by atoms with E-state index in [0.717, 1.165) is 17.5 Å². The summed E-state index contributed by atoms with van der Waals surface area (Å²) < 4.78 is 16.3. The average Bonchev–Trinajstić information content (AvgIpc) is 2.84. The van der Waals surface area contributed by atoms with Crippen LogP contribution in [0.15, 0.2) is 42.5 Å². The molecule has 0 bridgehead atoms. The topological polar surface area (TPSA) is 97.3 Å². The van der Waals surface area contributed by atoms with Crippen molar-refractivity contribution in [3.05, 3.63) is 59.2 Å². The number of hydrogen-bond donors (Lipinski definition) is 2. The Morgan fingerprint density at radius 2 is 1.78 bits per heavy atom. The fourth-order valence-corrected chi connectivity index (χ4v) is 3.50. The van der Waals surface area contributed by atoms with E-state index in [1.54, 1.807) is 31.9 Å². The van der Waals surface area contributed by atoms with E-state index in [0.29, 0.717) is 43.4 Å². The van der Waals surface area contributed by atoms with Crippen molar-refractivity contribution < 1.29 is 29.0 Å². The number of hydroxylamine groups is 1. The number of carbonyl (C=O) groups is 2. The third-order valence-electron chi connectivity index (χ3n) is 5.27. The molecule has 170 valence electrons. The van der Waals surface area contributed by atoms with Crippen molar-refractivity contribution in [2.75, 3.05) is 27.4 Å². The number of fused-ring (bicyclic) bond motifs is 1. The maximum absolute atomic E-state index is 12.7. The lowest BCUT2D eigenvalue weighted by atomic mass is 9.98. The van der Waals surface area contributed by atoms with Gasteiger partial charge in [-0.15, -0.1) is 0 Å². The summed E-state index contributed by atoms with van der Waals surface area (Å²) in [7, 11) is 3.22. The molecule has 0 atom stereocenters. The molecule has 0 aromatic heterocycles. The predicted octanol–water partition coefficient (Wildman–Crippen LogP) is 2.97. The van der Waals surface area contributed by atoms with E-state index in [-0.39, 0.29) is 12.3 Å². The second-order valence-electron chi connectivity index (χ2n) is 7.38. The van der Waals surface area contributed by atoms with Crippen LogP contribution in [-0.4, -0.2) is 49.3 Å². The van der Waals surface area contributed by atoms with Crippen LogP contribution in [0.1, 0.15) is 29.5 Å². The summed E-state index contributed by atoms with van der Waals surface area (Å²) in [6.07, 6.45) is 4.82. The standard InChI is InChI=1S/C24H28N2O6/c1-30-21-14-18-11-12-26(16-19(18)15-22(21)31-2)24(28)10-7-17-5-8-20(9-6-17)32-13-3-4-23(27)25-29/h5-10,14-15,29H,3-4,11-13,16H2,1-2H3,(H,25,27)/b10-7+. The normalized spacial score (nSPS) is 12.9. The third kappa shape index (κ3) is 6.01. The van der Waals surface area contributed by atoms with Gasteiger partial charge in [0.1, 0.15) is 5.75 Å². The van der Waals surface area contributed by atoms with Gasteiger partial charge in [0.05, 0.1) is 20.8 Å². The molecule has 2 aromatic rings. The smallest absolute Gasteiger partial charge is 0.246 e. The van der Waals surface area contributed by atoms with Gasteiger partial charge in [-0.2, -0.15) is 0 Å². The lowest BCUT2D eigenvalue weighted by Gasteiger charge is -2.28. The fourth-order valence-electron chi connectivity index (χ4n) is 3.50. The van der Waals surface area contributed by atoms with Gasteiger partial charge in [-0.1, -0.05) is 12.1 Å². The number of ether oxygens (including phenoxy) is 3. The molecule has 0 saturated carbocycles. The predicted molar refractivity (Wildman–Crippen MR) is 119 cm³/mol. The van der Waals surface area contributed by atoms with Crippen LogP contribution in [0.4, 0.5) is 0 Å². The molecule has 3 rings (SSSR count). The van der Waals surface area contributed by atoms with Crippen molar-refractivity contribution in [3.8, 4) is 17.2 Å². The minimum Gasteiger partial charge on any atom is -0.494 e. The Bertz CT molecular complexity index is 971. The van der Waals surface area contributed by atoms with Crippen molar-refractivity contribution in [2.24, 2.45) is 0 Å². The van der Waals surface area contributed by atoms with Crippen LogP contribution in [0.5, 0.6) is 17.2 Å². The average molecular weight is 440 g/mol. The van der Waals surface area contributed by atoms with Gasteiger partial charge < -0.3 is 19.1 Å². The van der Waals surface area contributed by atoms with Crippen LogP contribution >= 0.6 is 0 Å². The van der Waals surface area contributed by atoms with E-state index in [1.165, 1.54) is 5.56 Å². The highest BCUT2D eigenvalue weighted by molar-refractivity contribution is 5.92. The number of nitrogens with one attached hydrogen (secondary N) is 1. The second kappa shape index (κ2) is 11.2. The molecule has 1 aliphatic heterocycles. The van der Waals surface area contributed by atoms with Crippen molar-refractivity contribution in [1.82, 2.24) is 10.4 Å². The molecule has 1 heterocycles. The first-order valence-electron chi connectivity index (χ1n) is 10.4. The largest absolute Gasteiger partial charge is 0.494 e. The van der Waals surface area contributed by atoms with Gasteiger partial charge in [0.2, 0.25) is 11.8 Å². The third-order valence-corrected chi connectivity index (χ3v) is 5.27. The van der Waals surface area contributed by atoms with Crippen molar-refractivity contribution in [3.63, 3.8) is 0 Å². The highest BCUT2D eigenvalue weighted by Gasteiger charge is 2.21. The van der Waals surface area contributed by atoms with Gasteiger partial charge in [0.25, 0.3) is 0 Å². The number of hydrogen-bond acceptors (Lipinski definition) is 6. The molecule has 0 aliphatic carbocycles. The fraction of sp³-hybridized carbons (Fsp3) is 0.333. The highest BCUT2D eigenvalue weighted by atomic mass is 16.5. The molecule has 8 nitrogen and oxygen atoms in total. The van der Waals surface area contributed by atoms with Crippen molar-refractivity contribution in [1.29, 1.82) is 0 Å². The monoisotopic (exact) mass is 440 g/mol. The Kier molecular flexibility index (Phi) is 8.10. The molecule has 0 radical (unpaired) electrons.